The smallest absolute Gasteiger partial charge is 0.125 e. The van der Waals surface area contributed by atoms with Gasteiger partial charge in [-0.05, 0) is 77.4 Å². The quantitative estimate of drug-likeness (QED) is 0.167. The van der Waals surface area contributed by atoms with E-state index in [0.717, 1.165) is 61.5 Å². The van der Waals surface area contributed by atoms with Gasteiger partial charge in [0, 0.05) is 34.7 Å². The summed E-state index contributed by atoms with van der Waals surface area (Å²) in [6.07, 6.45) is 1.78. The summed E-state index contributed by atoms with van der Waals surface area (Å²) in [5.74, 6) is 0.190. The summed E-state index contributed by atoms with van der Waals surface area (Å²) < 4.78 is 0. The molecule has 5 rings (SSSR count). The maximum absolute atomic E-state index is 11.7. The molecule has 0 aliphatic rings. The monoisotopic (exact) mass is 545 g/mol. The minimum absolute atomic E-state index is 0. The molecule has 0 atom stereocenters. The minimum atomic E-state index is 0. The minimum Gasteiger partial charge on any atom is -0.507 e. The van der Waals surface area contributed by atoms with Crippen molar-refractivity contribution in [1.29, 1.82) is 0 Å². The van der Waals surface area contributed by atoms with Gasteiger partial charge in [0.05, 0.1) is 5.69 Å². The molecule has 0 amide bonds. The van der Waals surface area contributed by atoms with E-state index in [1.807, 2.05) is 55.5 Å². The van der Waals surface area contributed by atoms with E-state index in [1.54, 1.807) is 6.08 Å². The number of hydrogen-bond donors (Lipinski definition) is 1. The first-order valence-corrected chi connectivity index (χ1v) is 12.9. The van der Waals surface area contributed by atoms with E-state index in [-0.39, 0.29) is 23.1 Å². The maximum Gasteiger partial charge on any atom is 0.125 e. The molecule has 0 aliphatic heterocycles. The Morgan fingerprint density at radius 1 is 0.590 bits per heavy atom. The fourth-order valence-corrected chi connectivity index (χ4v) is 4.87. The van der Waals surface area contributed by atoms with Gasteiger partial charge in [-0.1, -0.05) is 109 Å². The normalized spacial score (nSPS) is 11.7. The van der Waals surface area contributed by atoms with Crippen LogP contribution in [0.5, 0.6) is 0 Å². The van der Waals surface area contributed by atoms with Crippen LogP contribution in [0.1, 0.15) is 23.6 Å². The summed E-state index contributed by atoms with van der Waals surface area (Å²) in [5.41, 5.74) is 11.0. The zero-order valence-electron chi connectivity index (χ0n) is 22.4. The van der Waals surface area contributed by atoms with Gasteiger partial charge in [-0.25, -0.2) is 0 Å². The van der Waals surface area contributed by atoms with E-state index in [9.17, 15) is 5.11 Å². The Balaban J connectivity index is 0.00000353. The standard InChI is InChI=1S/C36H31NO.Cr/c1-25-14-13-15-26(2)36(25)37-27(3)22-34(38)35-32(29-18-9-5-10-19-29)23-31(28-16-7-4-8-17-28)24-33(35)30-20-11-6-12-21-30;/h4-24,38H,1-3H3;/b34-22-,37-27?;. The fourth-order valence-electron chi connectivity index (χ4n) is 4.87. The third-order valence-electron chi connectivity index (χ3n) is 6.74. The van der Waals surface area contributed by atoms with E-state index in [0.29, 0.717) is 0 Å². The van der Waals surface area contributed by atoms with Crippen LogP contribution in [0.4, 0.5) is 5.69 Å². The first-order chi connectivity index (χ1) is 18.5. The van der Waals surface area contributed by atoms with Crippen LogP contribution < -0.4 is 0 Å². The van der Waals surface area contributed by atoms with E-state index < -0.39 is 0 Å². The van der Waals surface area contributed by atoms with Gasteiger partial charge in [-0.2, -0.15) is 0 Å². The Kier molecular flexibility index (Phi) is 9.00. The van der Waals surface area contributed by atoms with E-state index in [1.165, 1.54) is 0 Å². The summed E-state index contributed by atoms with van der Waals surface area (Å²) in [6, 6.07) is 41.4. The van der Waals surface area contributed by atoms with Crippen molar-refractivity contribution in [2.45, 2.75) is 20.8 Å². The Morgan fingerprint density at radius 3 is 1.49 bits per heavy atom. The molecular weight excluding hydrogens is 514 g/mol. The first kappa shape index (κ1) is 27.9. The molecule has 0 bridgehead atoms. The van der Waals surface area contributed by atoms with Crippen LogP contribution >= 0.6 is 0 Å². The molecule has 0 saturated heterocycles. The van der Waals surface area contributed by atoms with Crippen LogP contribution in [0.15, 0.2) is 132 Å². The number of para-hydroxylation sites is 1. The second kappa shape index (κ2) is 12.6. The van der Waals surface area contributed by atoms with Crippen LogP contribution in [0.25, 0.3) is 39.1 Å². The Labute approximate surface area is 242 Å². The third-order valence-corrected chi connectivity index (χ3v) is 6.74. The number of nitrogens with zero attached hydrogens (tertiary/aromatic N) is 1. The summed E-state index contributed by atoms with van der Waals surface area (Å²) in [4.78, 5) is 4.87. The Bertz CT molecular complexity index is 1540. The van der Waals surface area contributed by atoms with Gasteiger partial charge < -0.3 is 5.11 Å². The number of aliphatic hydroxyl groups is 1. The third kappa shape index (κ3) is 6.29. The molecule has 0 fully saturated rings. The predicted molar refractivity (Wildman–Crippen MR) is 162 cm³/mol. The van der Waals surface area contributed by atoms with Crippen LogP contribution in [0, 0.1) is 13.8 Å². The van der Waals surface area contributed by atoms with Crippen molar-refractivity contribution < 1.29 is 22.5 Å². The second-order valence-electron chi connectivity index (χ2n) is 9.57. The first-order valence-electron chi connectivity index (χ1n) is 12.9. The van der Waals surface area contributed by atoms with Crippen molar-refractivity contribution >= 4 is 17.2 Å². The van der Waals surface area contributed by atoms with E-state index >= 15 is 0 Å². The van der Waals surface area contributed by atoms with Crippen molar-refractivity contribution in [3.8, 4) is 33.4 Å². The fraction of sp³-hybridized carbons (Fsp3) is 0.0833. The molecule has 0 saturated carbocycles. The number of aliphatic imine (C=N–C) groups is 1. The molecule has 0 radical (unpaired) electrons. The van der Waals surface area contributed by atoms with Gasteiger partial charge in [0.25, 0.3) is 0 Å². The molecule has 5 aromatic rings. The van der Waals surface area contributed by atoms with Crippen LogP contribution in [-0.2, 0) is 17.4 Å². The summed E-state index contributed by atoms with van der Waals surface area (Å²) in [7, 11) is 0. The van der Waals surface area contributed by atoms with Gasteiger partial charge in [-0.3, -0.25) is 4.99 Å². The van der Waals surface area contributed by atoms with Crippen molar-refractivity contribution in [2.75, 3.05) is 0 Å². The van der Waals surface area contributed by atoms with Crippen LogP contribution in [0.3, 0.4) is 0 Å². The molecule has 39 heavy (non-hydrogen) atoms. The molecule has 0 spiro atoms. The van der Waals surface area contributed by atoms with Gasteiger partial charge >= 0.3 is 0 Å². The van der Waals surface area contributed by atoms with E-state index in [4.69, 9.17) is 4.99 Å². The molecule has 192 valence electrons. The molecule has 0 aromatic heterocycles. The van der Waals surface area contributed by atoms with Crippen molar-refractivity contribution in [3.05, 3.63) is 144 Å². The molecule has 2 nitrogen and oxygen atoms in total. The molecule has 0 unspecified atom stereocenters. The Morgan fingerprint density at radius 2 is 1.03 bits per heavy atom. The van der Waals surface area contributed by atoms with Gasteiger partial charge in [0.2, 0.25) is 0 Å². The zero-order valence-corrected chi connectivity index (χ0v) is 23.7. The van der Waals surface area contributed by atoms with Crippen molar-refractivity contribution in [2.24, 2.45) is 4.99 Å². The average molecular weight is 546 g/mol. The van der Waals surface area contributed by atoms with E-state index in [2.05, 4.69) is 86.6 Å². The van der Waals surface area contributed by atoms with Gasteiger partial charge in [-0.15, -0.1) is 0 Å². The number of hydrogen-bond acceptors (Lipinski definition) is 2. The molecular formula is C36H31CrNO. The molecule has 1 N–H and O–H groups in total. The topological polar surface area (TPSA) is 32.6 Å². The maximum atomic E-state index is 11.7. The number of benzene rings is 5. The number of allylic oxidation sites excluding steroid dienone is 1. The largest absolute Gasteiger partial charge is 0.507 e. The van der Waals surface area contributed by atoms with Crippen molar-refractivity contribution in [1.82, 2.24) is 0 Å². The predicted octanol–water partition coefficient (Wildman–Crippen LogP) is 9.99. The van der Waals surface area contributed by atoms with Crippen LogP contribution in [0.2, 0.25) is 0 Å². The molecule has 0 heterocycles. The van der Waals surface area contributed by atoms with Gasteiger partial charge in [0.15, 0.2) is 0 Å². The number of rotatable bonds is 6. The second-order valence-corrected chi connectivity index (χ2v) is 9.57. The van der Waals surface area contributed by atoms with Crippen LogP contribution in [-0.4, -0.2) is 10.8 Å². The molecule has 0 aliphatic carbocycles. The molecule has 5 aromatic carbocycles. The Hall–Kier alpha value is -4.16. The zero-order chi connectivity index (χ0) is 26.5. The summed E-state index contributed by atoms with van der Waals surface area (Å²) in [5, 5.41) is 11.7. The summed E-state index contributed by atoms with van der Waals surface area (Å²) in [6.45, 7) is 6.06. The van der Waals surface area contributed by atoms with Crippen molar-refractivity contribution in [3.63, 3.8) is 0 Å². The van der Waals surface area contributed by atoms with Gasteiger partial charge in [0.1, 0.15) is 5.76 Å². The number of aryl methyl sites for hydroxylation is 2. The molecule has 3 heteroatoms. The summed E-state index contributed by atoms with van der Waals surface area (Å²) >= 11 is 0. The number of aliphatic hydroxyl groups excluding tert-OH is 1. The SMILES string of the molecule is CC(/C=C(\O)c1c(-c2ccccc2)cc(-c2ccccc2)cc1-c1ccccc1)=Nc1c(C)cccc1C.[Cr]. The average Bonchev–Trinajstić information content (AvgIpc) is 2.96.